The van der Waals surface area contributed by atoms with E-state index in [4.69, 9.17) is 9.26 Å². The average molecular weight is 476 g/mol. The minimum absolute atomic E-state index is 0.0213. The molecule has 0 aliphatic heterocycles. The van der Waals surface area contributed by atoms with Crippen molar-refractivity contribution < 1.29 is 32.0 Å². The molecule has 2 amide bonds. The molecule has 0 bridgehead atoms. The number of ether oxygens (including phenoxy) is 1. The molecule has 170 valence electrons. The van der Waals surface area contributed by atoms with Crippen molar-refractivity contribution in [3.8, 4) is 17.1 Å². The number of benzene rings is 2. The number of anilines is 1. The first-order chi connectivity index (χ1) is 15.8. The van der Waals surface area contributed by atoms with E-state index in [9.17, 15) is 22.8 Å². The minimum atomic E-state index is -4.44. The smallest absolute Gasteiger partial charge is 0.422 e. The second-order valence-corrected chi connectivity index (χ2v) is 7.76. The van der Waals surface area contributed by atoms with Gasteiger partial charge in [-0.05, 0) is 18.2 Å². The highest BCUT2D eigenvalue weighted by Crippen LogP contribution is 2.30. The first-order valence-electron chi connectivity index (χ1n) is 9.47. The molecule has 4 rings (SSSR count). The zero-order chi connectivity index (χ0) is 23.4. The van der Waals surface area contributed by atoms with Gasteiger partial charge in [-0.2, -0.15) is 13.2 Å². The minimum Gasteiger partial charge on any atom is -0.484 e. The molecule has 0 atom stereocenters. The van der Waals surface area contributed by atoms with Crippen molar-refractivity contribution in [1.82, 2.24) is 15.5 Å². The lowest BCUT2D eigenvalue weighted by atomic mass is 10.1. The molecule has 4 aromatic rings. The van der Waals surface area contributed by atoms with Crippen LogP contribution in [0.1, 0.15) is 10.5 Å². The van der Waals surface area contributed by atoms with E-state index in [0.717, 1.165) is 16.9 Å². The second kappa shape index (κ2) is 9.28. The summed E-state index contributed by atoms with van der Waals surface area (Å²) in [6.07, 6.45) is -4.44. The van der Waals surface area contributed by atoms with E-state index in [1.807, 2.05) is 18.2 Å². The number of carbonyl (C=O) groups excluding carboxylic acids is 2. The van der Waals surface area contributed by atoms with E-state index in [1.54, 1.807) is 12.1 Å². The normalized spacial score (nSPS) is 11.4. The largest absolute Gasteiger partial charge is 0.484 e. The van der Waals surface area contributed by atoms with Crippen LogP contribution in [0.2, 0.25) is 0 Å². The Balaban J connectivity index is 1.32. The predicted octanol–water partition coefficient (Wildman–Crippen LogP) is 4.26. The third-order valence-corrected chi connectivity index (χ3v) is 5.15. The van der Waals surface area contributed by atoms with Crippen LogP contribution in [-0.2, 0) is 4.79 Å². The number of aromatic nitrogens is 2. The van der Waals surface area contributed by atoms with Crippen molar-refractivity contribution >= 4 is 38.5 Å². The summed E-state index contributed by atoms with van der Waals surface area (Å²) in [4.78, 5) is 28.6. The first kappa shape index (κ1) is 22.3. The van der Waals surface area contributed by atoms with Crippen LogP contribution in [0.3, 0.4) is 0 Å². The zero-order valence-electron chi connectivity index (χ0n) is 16.7. The number of carbonyl (C=O) groups is 2. The molecule has 8 nitrogen and oxygen atoms in total. The quantitative estimate of drug-likeness (QED) is 0.413. The van der Waals surface area contributed by atoms with Crippen LogP contribution in [0, 0.1) is 0 Å². The van der Waals surface area contributed by atoms with Crippen LogP contribution in [0.4, 0.5) is 18.3 Å². The molecule has 0 saturated heterocycles. The molecular weight excluding hydrogens is 461 g/mol. The van der Waals surface area contributed by atoms with Crippen LogP contribution in [0.25, 0.3) is 21.5 Å². The van der Waals surface area contributed by atoms with Gasteiger partial charge in [-0.3, -0.25) is 9.59 Å². The van der Waals surface area contributed by atoms with Crippen molar-refractivity contribution in [3.63, 3.8) is 0 Å². The van der Waals surface area contributed by atoms with E-state index in [1.165, 1.54) is 24.3 Å². The zero-order valence-corrected chi connectivity index (χ0v) is 17.5. The number of nitrogens with one attached hydrogen (secondary N) is 2. The number of halogens is 3. The topological polar surface area (TPSA) is 106 Å². The molecule has 2 aromatic carbocycles. The Kier molecular flexibility index (Phi) is 6.27. The van der Waals surface area contributed by atoms with E-state index < -0.39 is 24.6 Å². The van der Waals surface area contributed by atoms with Gasteiger partial charge in [0.05, 0.1) is 16.8 Å². The molecule has 33 heavy (non-hydrogen) atoms. The Bertz CT molecular complexity index is 1290. The van der Waals surface area contributed by atoms with Crippen LogP contribution < -0.4 is 15.4 Å². The number of hydrogen-bond donors (Lipinski definition) is 2. The third-order valence-electron chi connectivity index (χ3n) is 4.22. The van der Waals surface area contributed by atoms with E-state index in [2.05, 4.69) is 20.8 Å². The fourth-order valence-electron chi connectivity index (χ4n) is 2.75. The molecule has 0 spiro atoms. The monoisotopic (exact) mass is 476 g/mol. The Morgan fingerprint density at radius 1 is 1.09 bits per heavy atom. The molecule has 0 saturated carbocycles. The second-order valence-electron chi connectivity index (χ2n) is 6.73. The van der Waals surface area contributed by atoms with E-state index in [0.29, 0.717) is 16.0 Å². The van der Waals surface area contributed by atoms with Gasteiger partial charge in [0, 0.05) is 11.6 Å². The molecule has 12 heteroatoms. The van der Waals surface area contributed by atoms with Crippen molar-refractivity contribution in [1.29, 1.82) is 0 Å². The standard InChI is InChI=1S/C21H15F3N4O4S/c22-21(23,24)11-31-13-6-7-14-17(8-13)33-20(26-14)27-18(29)10-25-19(30)15-9-16(32-28-15)12-4-2-1-3-5-12/h1-9H,10-11H2,(H,25,30)(H,26,27,29). The van der Waals surface area contributed by atoms with Crippen LogP contribution in [0.5, 0.6) is 5.75 Å². The van der Waals surface area contributed by atoms with Crippen molar-refractivity contribution in [3.05, 3.63) is 60.3 Å². The number of thiazole rings is 1. The van der Waals surface area contributed by atoms with Crippen molar-refractivity contribution in [2.45, 2.75) is 6.18 Å². The Labute approximate surface area is 188 Å². The van der Waals surface area contributed by atoms with Gasteiger partial charge in [-0.25, -0.2) is 4.98 Å². The summed E-state index contributed by atoms with van der Waals surface area (Å²) in [6.45, 7) is -1.75. The highest BCUT2D eigenvalue weighted by atomic mass is 32.1. The molecule has 2 heterocycles. The summed E-state index contributed by atoms with van der Waals surface area (Å²) in [5, 5.41) is 8.91. The van der Waals surface area contributed by atoms with E-state index >= 15 is 0 Å². The molecule has 0 radical (unpaired) electrons. The van der Waals surface area contributed by atoms with Gasteiger partial charge in [0.1, 0.15) is 5.75 Å². The molecule has 0 fully saturated rings. The Morgan fingerprint density at radius 3 is 2.64 bits per heavy atom. The number of nitrogens with zero attached hydrogens (tertiary/aromatic N) is 2. The summed E-state index contributed by atoms with van der Waals surface area (Å²) in [6, 6.07) is 14.8. The van der Waals surface area contributed by atoms with Gasteiger partial charge < -0.3 is 19.9 Å². The van der Waals surface area contributed by atoms with Crippen LogP contribution >= 0.6 is 11.3 Å². The lowest BCUT2D eigenvalue weighted by molar-refractivity contribution is -0.153. The predicted molar refractivity (Wildman–Crippen MR) is 114 cm³/mol. The number of alkyl halides is 3. The number of rotatable bonds is 7. The average Bonchev–Trinajstić information content (AvgIpc) is 3.43. The fourth-order valence-corrected chi connectivity index (χ4v) is 3.66. The summed E-state index contributed by atoms with van der Waals surface area (Å²) in [5.74, 6) is -0.677. The number of amides is 2. The maximum Gasteiger partial charge on any atom is 0.422 e. The van der Waals surface area contributed by atoms with Crippen LogP contribution in [-0.4, -0.2) is 41.3 Å². The first-order valence-corrected chi connectivity index (χ1v) is 10.3. The molecule has 0 aliphatic rings. The maximum atomic E-state index is 12.3. The van der Waals surface area contributed by atoms with Gasteiger partial charge in [0.2, 0.25) is 5.91 Å². The van der Waals surface area contributed by atoms with Crippen molar-refractivity contribution in [2.75, 3.05) is 18.5 Å². The number of hydrogen-bond acceptors (Lipinski definition) is 7. The molecule has 0 unspecified atom stereocenters. The van der Waals surface area contributed by atoms with Gasteiger partial charge >= 0.3 is 6.18 Å². The summed E-state index contributed by atoms with van der Waals surface area (Å²) >= 11 is 1.06. The summed E-state index contributed by atoms with van der Waals surface area (Å²) in [7, 11) is 0. The van der Waals surface area contributed by atoms with E-state index in [-0.39, 0.29) is 23.1 Å². The molecule has 2 aromatic heterocycles. The summed E-state index contributed by atoms with van der Waals surface area (Å²) < 4.78 is 47.3. The lowest BCUT2D eigenvalue weighted by Crippen LogP contribution is -2.32. The van der Waals surface area contributed by atoms with Gasteiger partial charge in [-0.1, -0.05) is 46.8 Å². The third kappa shape index (κ3) is 5.86. The van der Waals surface area contributed by atoms with Gasteiger partial charge in [-0.15, -0.1) is 0 Å². The molecule has 2 N–H and O–H groups in total. The van der Waals surface area contributed by atoms with Crippen LogP contribution in [0.15, 0.2) is 59.1 Å². The maximum absolute atomic E-state index is 12.3. The highest BCUT2D eigenvalue weighted by molar-refractivity contribution is 7.22. The summed E-state index contributed by atoms with van der Waals surface area (Å²) in [5.41, 5.74) is 1.26. The van der Waals surface area contributed by atoms with Gasteiger partial charge in [0.15, 0.2) is 23.2 Å². The van der Waals surface area contributed by atoms with Gasteiger partial charge in [0.25, 0.3) is 5.91 Å². The number of fused-ring (bicyclic) bond motifs is 1. The highest BCUT2D eigenvalue weighted by Gasteiger charge is 2.28. The lowest BCUT2D eigenvalue weighted by Gasteiger charge is -2.08. The molecular formula is C21H15F3N4O4S. The SMILES string of the molecule is O=C(CNC(=O)c1cc(-c2ccccc2)on1)Nc1nc2ccc(OCC(F)(F)F)cc2s1. The molecule has 0 aliphatic carbocycles. The fraction of sp³-hybridized carbons (Fsp3) is 0.143. The Hall–Kier alpha value is -3.93. The van der Waals surface area contributed by atoms with Crippen molar-refractivity contribution in [2.24, 2.45) is 0 Å². The Morgan fingerprint density at radius 2 is 1.88 bits per heavy atom.